The summed E-state index contributed by atoms with van der Waals surface area (Å²) in [5, 5.41) is 0. The molecule has 0 spiro atoms. The summed E-state index contributed by atoms with van der Waals surface area (Å²) in [6.07, 6.45) is 0. The van der Waals surface area contributed by atoms with Gasteiger partial charge < -0.3 is 9.31 Å². The highest BCUT2D eigenvalue weighted by Crippen LogP contribution is 2.40. The molecule has 1 aliphatic rings. The lowest BCUT2D eigenvalue weighted by Crippen LogP contribution is -2.41. The Kier molecular flexibility index (Phi) is 4.88. The van der Waals surface area contributed by atoms with E-state index >= 15 is 0 Å². The largest absolute Gasteiger partial charge is 0.494 e. The monoisotopic (exact) mass is 394 g/mol. The molecule has 0 radical (unpaired) electrons. The van der Waals surface area contributed by atoms with Crippen molar-refractivity contribution in [2.75, 3.05) is 0 Å². The van der Waals surface area contributed by atoms with E-state index in [2.05, 4.69) is 97.3 Å². The van der Waals surface area contributed by atoms with Gasteiger partial charge in [0.1, 0.15) is 0 Å². The number of benzene rings is 1. The third-order valence-electron chi connectivity index (χ3n) is 5.24. The highest BCUT2D eigenvalue weighted by Gasteiger charge is 2.52. The molecule has 0 amide bonds. The smallest absolute Gasteiger partial charge is 0.399 e. The first kappa shape index (κ1) is 20.0. The summed E-state index contributed by atoms with van der Waals surface area (Å²) in [5.41, 5.74) is 3.12. The van der Waals surface area contributed by atoms with Crippen LogP contribution in [-0.2, 0) is 20.1 Å². The molecular weight excluding hydrogens is 363 g/mol. The Balaban J connectivity index is 2.61. The van der Waals surface area contributed by atoms with Crippen molar-refractivity contribution in [3.8, 4) is 0 Å². The quantitative estimate of drug-likeness (QED) is 0.598. The maximum absolute atomic E-state index is 6.29. The SMILES string of the molecule is CC(C)(C)c1cc(B2OC(C)(C)C(C)(C)O2)cc(C(C)(C)C)c1Br. The van der Waals surface area contributed by atoms with Gasteiger partial charge in [0.25, 0.3) is 0 Å². The molecule has 1 aromatic rings. The summed E-state index contributed by atoms with van der Waals surface area (Å²) in [7, 11) is -0.328. The van der Waals surface area contributed by atoms with Crippen LogP contribution >= 0.6 is 15.9 Å². The number of rotatable bonds is 1. The van der Waals surface area contributed by atoms with E-state index in [0.29, 0.717) is 0 Å². The molecular formula is C20H32BBrO2. The van der Waals surface area contributed by atoms with Crippen molar-refractivity contribution in [1.29, 1.82) is 0 Å². The minimum atomic E-state index is -0.328. The highest BCUT2D eigenvalue weighted by molar-refractivity contribution is 9.10. The van der Waals surface area contributed by atoms with Crippen LogP contribution in [0, 0.1) is 0 Å². The highest BCUT2D eigenvalue weighted by atomic mass is 79.9. The zero-order valence-electron chi connectivity index (χ0n) is 16.9. The Morgan fingerprint density at radius 2 is 1.12 bits per heavy atom. The zero-order chi connectivity index (χ0) is 18.7. The minimum Gasteiger partial charge on any atom is -0.399 e. The number of halogens is 1. The zero-order valence-corrected chi connectivity index (χ0v) is 18.5. The normalized spacial score (nSPS) is 20.5. The van der Waals surface area contributed by atoms with Crippen molar-refractivity contribution in [1.82, 2.24) is 0 Å². The van der Waals surface area contributed by atoms with Crippen molar-refractivity contribution in [3.63, 3.8) is 0 Å². The predicted octanol–water partition coefficient (Wildman–Crippen LogP) is 5.34. The molecule has 0 aliphatic carbocycles. The fourth-order valence-electron chi connectivity index (χ4n) is 2.85. The van der Waals surface area contributed by atoms with Crippen molar-refractivity contribution in [2.24, 2.45) is 0 Å². The number of hydrogen-bond donors (Lipinski definition) is 0. The Morgan fingerprint density at radius 3 is 1.42 bits per heavy atom. The van der Waals surface area contributed by atoms with Crippen LogP contribution in [0.2, 0.25) is 0 Å². The van der Waals surface area contributed by atoms with Crippen LogP contribution in [0.15, 0.2) is 16.6 Å². The van der Waals surface area contributed by atoms with Crippen LogP contribution in [-0.4, -0.2) is 18.3 Å². The fraction of sp³-hybridized carbons (Fsp3) is 0.700. The van der Waals surface area contributed by atoms with Gasteiger partial charge in [-0.3, -0.25) is 0 Å². The molecule has 0 bridgehead atoms. The van der Waals surface area contributed by atoms with Crippen molar-refractivity contribution in [3.05, 3.63) is 27.7 Å². The molecule has 1 saturated heterocycles. The van der Waals surface area contributed by atoms with Gasteiger partial charge in [-0.1, -0.05) is 69.6 Å². The van der Waals surface area contributed by atoms with E-state index in [1.807, 2.05) is 0 Å². The molecule has 1 aromatic carbocycles. The van der Waals surface area contributed by atoms with E-state index in [-0.39, 0.29) is 29.2 Å². The fourth-order valence-corrected chi connectivity index (χ4v) is 4.27. The molecule has 2 nitrogen and oxygen atoms in total. The lowest BCUT2D eigenvalue weighted by atomic mass is 9.71. The summed E-state index contributed by atoms with van der Waals surface area (Å²) < 4.78 is 13.8. The molecule has 134 valence electrons. The van der Waals surface area contributed by atoms with Crippen LogP contribution in [0.5, 0.6) is 0 Å². The number of hydrogen-bond acceptors (Lipinski definition) is 2. The van der Waals surface area contributed by atoms with E-state index < -0.39 is 0 Å². The minimum absolute atomic E-state index is 0.0402. The van der Waals surface area contributed by atoms with E-state index in [0.717, 1.165) is 5.46 Å². The van der Waals surface area contributed by atoms with E-state index in [4.69, 9.17) is 9.31 Å². The first-order chi connectivity index (χ1) is 10.6. The lowest BCUT2D eigenvalue weighted by molar-refractivity contribution is 0.00578. The van der Waals surface area contributed by atoms with Gasteiger partial charge in [0.15, 0.2) is 0 Å². The van der Waals surface area contributed by atoms with Gasteiger partial charge >= 0.3 is 7.12 Å². The van der Waals surface area contributed by atoms with E-state index in [1.54, 1.807) is 0 Å². The summed E-state index contributed by atoms with van der Waals surface area (Å²) in [6, 6.07) is 4.48. The van der Waals surface area contributed by atoms with Crippen molar-refractivity contribution < 1.29 is 9.31 Å². The molecule has 2 rings (SSSR count). The standard InChI is InChI=1S/C20H32BBrO2/c1-17(2,3)14-11-13(12-15(16(14)22)18(4,5)6)21-23-19(7,8)20(9,10)24-21/h11-12H,1-10H3. The van der Waals surface area contributed by atoms with Gasteiger partial charge in [-0.25, -0.2) is 0 Å². The first-order valence-electron chi connectivity index (χ1n) is 8.76. The maximum atomic E-state index is 6.29. The maximum Gasteiger partial charge on any atom is 0.494 e. The summed E-state index contributed by atoms with van der Waals surface area (Å²) in [6.45, 7) is 21.9. The Bertz CT molecular complexity index is 585. The Labute approximate surface area is 157 Å². The third kappa shape index (κ3) is 3.61. The van der Waals surface area contributed by atoms with E-state index in [9.17, 15) is 0 Å². The summed E-state index contributed by atoms with van der Waals surface area (Å²) in [5.74, 6) is 0. The second-order valence-electron chi connectivity index (χ2n) is 10.0. The van der Waals surface area contributed by atoms with Crippen LogP contribution in [0.3, 0.4) is 0 Å². The molecule has 0 N–H and O–H groups in total. The predicted molar refractivity (Wildman–Crippen MR) is 107 cm³/mol. The lowest BCUT2D eigenvalue weighted by Gasteiger charge is -2.32. The molecule has 4 heteroatoms. The molecule has 1 fully saturated rings. The van der Waals surface area contributed by atoms with E-state index in [1.165, 1.54) is 15.6 Å². The molecule has 0 aromatic heterocycles. The van der Waals surface area contributed by atoms with Gasteiger partial charge in [-0.2, -0.15) is 0 Å². The van der Waals surface area contributed by atoms with Crippen molar-refractivity contribution in [2.45, 2.75) is 91.3 Å². The molecule has 0 atom stereocenters. The summed E-state index contributed by atoms with van der Waals surface area (Å²) >= 11 is 3.86. The van der Waals surface area contributed by atoms with Crippen LogP contribution in [0.4, 0.5) is 0 Å². The molecule has 0 saturated carbocycles. The third-order valence-corrected chi connectivity index (χ3v) is 6.09. The van der Waals surface area contributed by atoms with Crippen LogP contribution in [0.1, 0.15) is 80.4 Å². The van der Waals surface area contributed by atoms with Gasteiger partial charge in [0.2, 0.25) is 0 Å². The second kappa shape index (κ2) is 5.85. The van der Waals surface area contributed by atoms with Gasteiger partial charge in [-0.15, -0.1) is 0 Å². The molecule has 24 heavy (non-hydrogen) atoms. The van der Waals surface area contributed by atoms with Crippen molar-refractivity contribution >= 4 is 28.5 Å². The van der Waals surface area contributed by atoms with Gasteiger partial charge in [-0.05, 0) is 55.1 Å². The average Bonchev–Trinajstić information content (AvgIpc) is 2.55. The second-order valence-corrected chi connectivity index (χ2v) is 10.8. The van der Waals surface area contributed by atoms with Gasteiger partial charge in [0.05, 0.1) is 11.2 Å². The van der Waals surface area contributed by atoms with Crippen LogP contribution < -0.4 is 5.46 Å². The average molecular weight is 395 g/mol. The Morgan fingerprint density at radius 1 is 0.792 bits per heavy atom. The summed E-state index contributed by atoms with van der Waals surface area (Å²) in [4.78, 5) is 0. The Hall–Kier alpha value is -0.315. The molecule has 0 unspecified atom stereocenters. The molecule has 1 aliphatic heterocycles. The van der Waals surface area contributed by atoms with Gasteiger partial charge in [0, 0.05) is 4.47 Å². The first-order valence-corrected chi connectivity index (χ1v) is 9.56. The van der Waals surface area contributed by atoms with Crippen LogP contribution in [0.25, 0.3) is 0 Å². The topological polar surface area (TPSA) is 18.5 Å². The molecule has 1 heterocycles.